The summed E-state index contributed by atoms with van der Waals surface area (Å²) in [6, 6.07) is 7.37. The van der Waals surface area contributed by atoms with E-state index in [1.807, 2.05) is 0 Å². The van der Waals surface area contributed by atoms with E-state index in [0.717, 1.165) is 5.92 Å². The lowest BCUT2D eigenvalue weighted by molar-refractivity contribution is 0.345. The van der Waals surface area contributed by atoms with E-state index in [1.54, 1.807) is 5.56 Å². The van der Waals surface area contributed by atoms with Gasteiger partial charge in [-0.2, -0.15) is 0 Å². The first-order chi connectivity index (χ1) is 7.93. The van der Waals surface area contributed by atoms with Crippen LogP contribution in [0.4, 0.5) is 0 Å². The van der Waals surface area contributed by atoms with Gasteiger partial charge in [0.05, 0.1) is 0 Å². The molecule has 0 amide bonds. The maximum atomic E-state index is 3.68. The number of rotatable bonds is 0. The number of H-pyrrole nitrogens is 1. The van der Waals surface area contributed by atoms with Gasteiger partial charge in [-0.05, 0) is 43.0 Å². The van der Waals surface area contributed by atoms with E-state index in [0.29, 0.717) is 6.04 Å². The number of piperidine rings is 1. The minimum absolute atomic E-state index is 0. The Hall–Kier alpha value is -0.990. The van der Waals surface area contributed by atoms with Crippen LogP contribution >= 0.6 is 12.4 Å². The second-order valence-electron chi connectivity index (χ2n) is 5.10. The van der Waals surface area contributed by atoms with Crippen LogP contribution in [0.15, 0.2) is 24.4 Å². The van der Waals surface area contributed by atoms with Crippen molar-refractivity contribution >= 4 is 23.3 Å². The fourth-order valence-corrected chi connectivity index (χ4v) is 3.53. The molecule has 4 rings (SSSR count). The number of hydrogen-bond acceptors (Lipinski definition) is 1. The Morgan fingerprint density at radius 1 is 1.24 bits per heavy atom. The van der Waals surface area contributed by atoms with Crippen LogP contribution in [0.2, 0.25) is 0 Å². The maximum Gasteiger partial charge on any atom is 0.0459 e. The smallest absolute Gasteiger partial charge is 0.0459 e. The van der Waals surface area contributed by atoms with E-state index in [4.69, 9.17) is 0 Å². The molecule has 0 saturated carbocycles. The number of halogens is 1. The van der Waals surface area contributed by atoms with Gasteiger partial charge in [0.2, 0.25) is 0 Å². The Labute approximate surface area is 107 Å². The van der Waals surface area contributed by atoms with E-state index in [1.165, 1.54) is 42.3 Å². The van der Waals surface area contributed by atoms with Crippen molar-refractivity contribution in [2.75, 3.05) is 6.54 Å². The van der Waals surface area contributed by atoms with E-state index in [9.17, 15) is 0 Å². The van der Waals surface area contributed by atoms with E-state index in [-0.39, 0.29) is 12.4 Å². The molecule has 2 aromatic rings. The molecule has 2 nitrogen and oxygen atoms in total. The van der Waals surface area contributed by atoms with Crippen molar-refractivity contribution in [1.29, 1.82) is 0 Å². The zero-order valence-corrected chi connectivity index (χ0v) is 10.5. The highest BCUT2D eigenvalue weighted by Crippen LogP contribution is 2.40. The molecule has 3 heteroatoms. The third kappa shape index (κ3) is 1.51. The lowest BCUT2D eigenvalue weighted by Crippen LogP contribution is -2.43. The van der Waals surface area contributed by atoms with Gasteiger partial charge in [0.1, 0.15) is 0 Å². The summed E-state index contributed by atoms with van der Waals surface area (Å²) in [5.41, 5.74) is 4.38. The lowest BCUT2D eigenvalue weighted by Gasteiger charge is -2.36. The van der Waals surface area contributed by atoms with Gasteiger partial charge in [0, 0.05) is 29.1 Å². The fourth-order valence-electron chi connectivity index (χ4n) is 3.53. The molecule has 1 saturated heterocycles. The lowest BCUT2D eigenvalue weighted by atomic mass is 9.76. The zero-order valence-electron chi connectivity index (χ0n) is 9.70. The van der Waals surface area contributed by atoms with Crippen LogP contribution < -0.4 is 5.32 Å². The minimum atomic E-state index is 0. The fraction of sp³-hybridized carbons (Fsp3) is 0.429. The van der Waals surface area contributed by atoms with Crippen molar-refractivity contribution in [3.63, 3.8) is 0 Å². The second-order valence-corrected chi connectivity index (χ2v) is 5.10. The molecule has 90 valence electrons. The second kappa shape index (κ2) is 4.04. The topological polar surface area (TPSA) is 27.8 Å². The average molecular weight is 249 g/mol. The van der Waals surface area contributed by atoms with Gasteiger partial charge in [0.15, 0.2) is 0 Å². The van der Waals surface area contributed by atoms with Crippen LogP contribution in [0.3, 0.4) is 0 Å². The minimum Gasteiger partial charge on any atom is -0.361 e. The summed E-state index contributed by atoms with van der Waals surface area (Å²) in [4.78, 5) is 3.40. The van der Waals surface area contributed by atoms with Crippen molar-refractivity contribution in [2.24, 2.45) is 0 Å². The third-order valence-electron chi connectivity index (χ3n) is 4.24. The Kier molecular flexibility index (Phi) is 2.64. The highest BCUT2D eigenvalue weighted by atomic mass is 35.5. The molecule has 2 heterocycles. The van der Waals surface area contributed by atoms with Crippen molar-refractivity contribution in [3.05, 3.63) is 35.5 Å². The SMILES string of the molecule is Cl.c1cc2c3c(c[nH]c3c1)C[C@H]1NCCC[C@H]21. The summed E-state index contributed by atoms with van der Waals surface area (Å²) in [5, 5.41) is 5.19. The molecule has 0 unspecified atom stereocenters. The van der Waals surface area contributed by atoms with Gasteiger partial charge in [-0.15, -0.1) is 12.4 Å². The summed E-state index contributed by atoms with van der Waals surface area (Å²) < 4.78 is 0. The van der Waals surface area contributed by atoms with Crippen LogP contribution in [0, 0.1) is 0 Å². The predicted molar refractivity (Wildman–Crippen MR) is 73.0 cm³/mol. The number of fused-ring (bicyclic) bond motifs is 2. The van der Waals surface area contributed by atoms with Crippen molar-refractivity contribution < 1.29 is 0 Å². The Bertz CT molecular complexity index is 546. The van der Waals surface area contributed by atoms with Gasteiger partial charge < -0.3 is 10.3 Å². The average Bonchev–Trinajstić information content (AvgIpc) is 2.75. The maximum absolute atomic E-state index is 3.68. The molecule has 2 N–H and O–H groups in total. The third-order valence-corrected chi connectivity index (χ3v) is 4.24. The number of aromatic amines is 1. The molecule has 1 aliphatic heterocycles. The molecular formula is C14H17ClN2. The van der Waals surface area contributed by atoms with Crippen LogP contribution in [0.5, 0.6) is 0 Å². The molecule has 1 aliphatic carbocycles. The first kappa shape index (κ1) is 11.1. The Balaban J connectivity index is 0.000000902. The van der Waals surface area contributed by atoms with E-state index >= 15 is 0 Å². The molecule has 2 aliphatic rings. The predicted octanol–water partition coefficient (Wildman–Crippen LogP) is 2.98. The van der Waals surface area contributed by atoms with Gasteiger partial charge in [0.25, 0.3) is 0 Å². The molecular weight excluding hydrogens is 232 g/mol. The summed E-state index contributed by atoms with van der Waals surface area (Å²) in [6.07, 6.45) is 6.06. The van der Waals surface area contributed by atoms with Gasteiger partial charge in [-0.25, -0.2) is 0 Å². The van der Waals surface area contributed by atoms with Crippen LogP contribution in [-0.4, -0.2) is 17.6 Å². The standard InChI is InChI=1S/C14H16N2.ClH/c1-3-11-10-4-2-6-15-13(10)7-9-8-16-12(5-1)14(9)11;/h1,3,5,8,10,13,15-16H,2,4,6-7H2;1H/t10-,13-;/m1./s1. The molecule has 0 radical (unpaired) electrons. The Morgan fingerprint density at radius 3 is 3.12 bits per heavy atom. The molecule has 2 atom stereocenters. The number of hydrogen-bond donors (Lipinski definition) is 2. The normalized spacial score (nSPS) is 26.4. The monoisotopic (exact) mass is 248 g/mol. The van der Waals surface area contributed by atoms with Crippen molar-refractivity contribution in [2.45, 2.75) is 31.2 Å². The van der Waals surface area contributed by atoms with Crippen LogP contribution in [-0.2, 0) is 6.42 Å². The highest BCUT2D eigenvalue weighted by molar-refractivity contribution is 5.88. The van der Waals surface area contributed by atoms with Crippen LogP contribution in [0.1, 0.15) is 29.9 Å². The van der Waals surface area contributed by atoms with Gasteiger partial charge in [-0.1, -0.05) is 12.1 Å². The van der Waals surface area contributed by atoms with Gasteiger partial charge >= 0.3 is 0 Å². The molecule has 1 aromatic carbocycles. The van der Waals surface area contributed by atoms with Crippen molar-refractivity contribution in [1.82, 2.24) is 10.3 Å². The largest absolute Gasteiger partial charge is 0.361 e. The first-order valence-electron chi connectivity index (χ1n) is 6.26. The summed E-state index contributed by atoms with van der Waals surface area (Å²) in [5.74, 6) is 0.737. The summed E-state index contributed by atoms with van der Waals surface area (Å²) >= 11 is 0. The van der Waals surface area contributed by atoms with Crippen LogP contribution in [0.25, 0.3) is 10.9 Å². The molecule has 0 spiro atoms. The van der Waals surface area contributed by atoms with Gasteiger partial charge in [-0.3, -0.25) is 0 Å². The highest BCUT2D eigenvalue weighted by Gasteiger charge is 2.32. The molecule has 0 bridgehead atoms. The summed E-state index contributed by atoms with van der Waals surface area (Å²) in [7, 11) is 0. The zero-order chi connectivity index (χ0) is 10.5. The van der Waals surface area contributed by atoms with E-state index < -0.39 is 0 Å². The number of nitrogens with one attached hydrogen (secondary N) is 2. The van der Waals surface area contributed by atoms with Crippen molar-refractivity contribution in [3.8, 4) is 0 Å². The number of benzene rings is 1. The molecule has 17 heavy (non-hydrogen) atoms. The summed E-state index contributed by atoms with van der Waals surface area (Å²) in [6.45, 7) is 1.19. The molecule has 1 fully saturated rings. The van der Waals surface area contributed by atoms with E-state index in [2.05, 4.69) is 34.7 Å². The number of aromatic nitrogens is 1. The molecule has 1 aromatic heterocycles. The first-order valence-corrected chi connectivity index (χ1v) is 6.26. The quantitative estimate of drug-likeness (QED) is 0.737. The Morgan fingerprint density at radius 2 is 2.18 bits per heavy atom.